The predicted molar refractivity (Wildman–Crippen MR) is 104 cm³/mol. The second-order valence-electron chi connectivity index (χ2n) is 6.61. The van der Waals surface area contributed by atoms with Gasteiger partial charge in [0.15, 0.2) is 5.65 Å². The molecule has 3 heterocycles. The summed E-state index contributed by atoms with van der Waals surface area (Å²) in [6, 6.07) is 11.3. The molecule has 136 valence electrons. The van der Waals surface area contributed by atoms with Crippen LogP contribution in [0.4, 0.5) is 10.2 Å². The normalized spacial score (nSPS) is 11.2. The van der Waals surface area contributed by atoms with Crippen molar-refractivity contribution in [3.05, 3.63) is 76.7 Å². The first-order valence-corrected chi connectivity index (χ1v) is 8.77. The van der Waals surface area contributed by atoms with Crippen LogP contribution in [0.2, 0.25) is 0 Å². The van der Waals surface area contributed by atoms with Crippen LogP contribution in [-0.2, 0) is 13.1 Å². The third kappa shape index (κ3) is 3.03. The van der Waals surface area contributed by atoms with Crippen molar-refractivity contribution in [1.29, 1.82) is 0 Å². The minimum Gasteiger partial charge on any atom is -0.384 e. The van der Waals surface area contributed by atoms with Crippen LogP contribution in [0, 0.1) is 13.8 Å². The van der Waals surface area contributed by atoms with E-state index in [0.717, 1.165) is 39.3 Å². The maximum atomic E-state index is 13.2. The van der Waals surface area contributed by atoms with Crippen molar-refractivity contribution in [1.82, 2.24) is 19.6 Å². The number of hydrogen-bond donors (Lipinski definition) is 1. The maximum Gasteiger partial charge on any atom is 0.161 e. The van der Waals surface area contributed by atoms with Gasteiger partial charge in [-0.05, 0) is 42.7 Å². The Hall–Kier alpha value is -3.28. The number of nitrogen functional groups attached to an aromatic ring is 1. The fraction of sp³-hybridized carbons (Fsp3) is 0.190. The van der Waals surface area contributed by atoms with E-state index in [4.69, 9.17) is 10.7 Å². The molecule has 1 aromatic carbocycles. The summed E-state index contributed by atoms with van der Waals surface area (Å²) in [6.07, 6.45) is 4.08. The molecule has 0 fully saturated rings. The van der Waals surface area contributed by atoms with Crippen LogP contribution in [-0.4, -0.2) is 19.6 Å². The molecule has 2 N–H and O–H groups in total. The van der Waals surface area contributed by atoms with Crippen molar-refractivity contribution >= 4 is 11.5 Å². The first-order valence-electron chi connectivity index (χ1n) is 8.77. The highest BCUT2D eigenvalue weighted by Crippen LogP contribution is 2.26. The lowest BCUT2D eigenvalue weighted by Gasteiger charge is -2.10. The molecule has 0 atom stereocenters. The second kappa shape index (κ2) is 6.79. The van der Waals surface area contributed by atoms with Gasteiger partial charge < -0.3 is 5.73 Å². The Labute approximate surface area is 156 Å². The van der Waals surface area contributed by atoms with Crippen molar-refractivity contribution in [3.8, 4) is 11.3 Å². The van der Waals surface area contributed by atoms with Crippen LogP contribution in [0.3, 0.4) is 0 Å². The third-order valence-electron chi connectivity index (χ3n) is 4.96. The monoisotopic (exact) mass is 361 g/mol. The number of aryl methyl sites for hydroxylation is 1. The van der Waals surface area contributed by atoms with E-state index in [1.807, 2.05) is 50.2 Å². The summed E-state index contributed by atoms with van der Waals surface area (Å²) in [7, 11) is 0. The summed E-state index contributed by atoms with van der Waals surface area (Å²) >= 11 is 0. The quantitative estimate of drug-likeness (QED) is 0.595. The third-order valence-corrected chi connectivity index (χ3v) is 4.96. The summed E-state index contributed by atoms with van der Waals surface area (Å²) in [5, 5.41) is 4.56. The van der Waals surface area contributed by atoms with E-state index in [1.54, 1.807) is 16.9 Å². The molecular weight excluding hydrogens is 341 g/mol. The number of rotatable bonds is 4. The number of anilines is 1. The molecule has 0 aliphatic carbocycles. The Kier molecular flexibility index (Phi) is 4.32. The van der Waals surface area contributed by atoms with Gasteiger partial charge >= 0.3 is 0 Å². The molecule has 27 heavy (non-hydrogen) atoms. The minimum atomic E-state index is -0.467. The molecule has 5 nitrogen and oxygen atoms in total. The van der Waals surface area contributed by atoms with Crippen LogP contribution in [0.25, 0.3) is 16.9 Å². The molecule has 0 aliphatic heterocycles. The summed E-state index contributed by atoms with van der Waals surface area (Å²) < 4.78 is 14.9. The van der Waals surface area contributed by atoms with E-state index in [0.29, 0.717) is 17.8 Å². The van der Waals surface area contributed by atoms with Crippen molar-refractivity contribution in [3.63, 3.8) is 0 Å². The van der Waals surface area contributed by atoms with Gasteiger partial charge in [-0.1, -0.05) is 18.2 Å². The van der Waals surface area contributed by atoms with Gasteiger partial charge in [-0.2, -0.15) is 9.61 Å². The van der Waals surface area contributed by atoms with Gasteiger partial charge in [0.2, 0.25) is 0 Å². The molecule has 0 saturated heterocycles. The minimum absolute atomic E-state index is 0.467. The molecule has 0 bridgehead atoms. The Balaban J connectivity index is 1.86. The van der Waals surface area contributed by atoms with Crippen LogP contribution < -0.4 is 5.73 Å². The molecule has 0 radical (unpaired) electrons. The number of alkyl halides is 1. The van der Waals surface area contributed by atoms with Gasteiger partial charge in [0, 0.05) is 36.0 Å². The zero-order valence-corrected chi connectivity index (χ0v) is 15.3. The maximum absolute atomic E-state index is 13.2. The van der Waals surface area contributed by atoms with Crippen molar-refractivity contribution in [2.24, 2.45) is 0 Å². The Bertz CT molecular complexity index is 1120. The van der Waals surface area contributed by atoms with Gasteiger partial charge in [-0.15, -0.1) is 0 Å². The summed E-state index contributed by atoms with van der Waals surface area (Å²) in [5.74, 6) is 0.524. The van der Waals surface area contributed by atoms with E-state index < -0.39 is 6.67 Å². The summed E-state index contributed by atoms with van der Waals surface area (Å²) in [5.41, 5.74) is 13.3. The van der Waals surface area contributed by atoms with Crippen LogP contribution in [0.1, 0.15) is 27.9 Å². The highest BCUT2D eigenvalue weighted by atomic mass is 19.1. The largest absolute Gasteiger partial charge is 0.384 e. The van der Waals surface area contributed by atoms with E-state index in [9.17, 15) is 4.39 Å². The molecule has 4 rings (SSSR count). The molecule has 0 saturated carbocycles. The predicted octanol–water partition coefficient (Wildman–Crippen LogP) is 4.05. The average Bonchev–Trinajstić information content (AvgIpc) is 3.00. The zero-order chi connectivity index (χ0) is 19.0. The Morgan fingerprint density at radius 3 is 2.56 bits per heavy atom. The van der Waals surface area contributed by atoms with Crippen molar-refractivity contribution in [2.75, 3.05) is 5.73 Å². The van der Waals surface area contributed by atoms with Crippen molar-refractivity contribution < 1.29 is 4.39 Å². The highest BCUT2D eigenvalue weighted by Gasteiger charge is 2.16. The van der Waals surface area contributed by atoms with Gasteiger partial charge in [0.1, 0.15) is 12.5 Å². The van der Waals surface area contributed by atoms with E-state index in [-0.39, 0.29) is 0 Å². The van der Waals surface area contributed by atoms with Crippen LogP contribution in [0.15, 0.2) is 48.8 Å². The molecule has 0 aliphatic rings. The molecule has 3 aromatic heterocycles. The Morgan fingerprint density at radius 2 is 1.81 bits per heavy atom. The topological polar surface area (TPSA) is 69.1 Å². The van der Waals surface area contributed by atoms with Crippen LogP contribution in [0.5, 0.6) is 0 Å². The van der Waals surface area contributed by atoms with Crippen molar-refractivity contribution in [2.45, 2.75) is 26.9 Å². The smallest absolute Gasteiger partial charge is 0.161 e. The molecule has 0 spiro atoms. The zero-order valence-electron chi connectivity index (χ0n) is 15.3. The van der Waals surface area contributed by atoms with Gasteiger partial charge in [0.05, 0.1) is 11.4 Å². The Morgan fingerprint density at radius 1 is 1.07 bits per heavy atom. The summed E-state index contributed by atoms with van der Waals surface area (Å²) in [6.45, 7) is 3.43. The fourth-order valence-electron chi connectivity index (χ4n) is 3.33. The number of aromatic nitrogens is 4. The molecule has 0 unspecified atom stereocenters. The first-order chi connectivity index (χ1) is 13.1. The average molecular weight is 361 g/mol. The number of fused-ring (bicyclic) bond motifs is 1. The lowest BCUT2D eigenvalue weighted by molar-refractivity contribution is 0.483. The molecular formula is C21H20FN5. The standard InChI is InChI=1S/C21H20FN5/c1-13-16(4-3-5-17(13)12-22)10-18-14(2)26-27-20(23)11-19(25-21(18)27)15-6-8-24-9-7-15/h3-9,11H,10,12,23H2,1-2H3. The first kappa shape index (κ1) is 17.1. The number of halogens is 1. The van der Waals surface area contributed by atoms with Crippen LogP contribution >= 0.6 is 0 Å². The number of pyridine rings is 1. The number of nitrogens with two attached hydrogens (primary N) is 1. The lowest BCUT2D eigenvalue weighted by Crippen LogP contribution is -2.02. The number of benzene rings is 1. The van der Waals surface area contributed by atoms with E-state index >= 15 is 0 Å². The fourth-order valence-corrected chi connectivity index (χ4v) is 3.33. The van der Waals surface area contributed by atoms with E-state index in [2.05, 4.69) is 10.1 Å². The summed E-state index contributed by atoms with van der Waals surface area (Å²) in [4.78, 5) is 8.87. The van der Waals surface area contributed by atoms with E-state index in [1.165, 1.54) is 0 Å². The molecule has 4 aromatic rings. The van der Waals surface area contributed by atoms with Gasteiger partial charge in [-0.3, -0.25) is 4.98 Å². The van der Waals surface area contributed by atoms with Gasteiger partial charge in [-0.25, -0.2) is 9.37 Å². The lowest BCUT2D eigenvalue weighted by atomic mass is 9.97. The SMILES string of the molecule is Cc1nn2c(N)cc(-c3ccncc3)nc2c1Cc1cccc(CF)c1C. The molecule has 0 amide bonds. The van der Waals surface area contributed by atoms with Gasteiger partial charge in [0.25, 0.3) is 0 Å². The highest BCUT2D eigenvalue weighted by molar-refractivity contribution is 5.67. The second-order valence-corrected chi connectivity index (χ2v) is 6.61. The molecule has 6 heteroatoms. The number of hydrogen-bond acceptors (Lipinski definition) is 4. The number of nitrogens with zero attached hydrogens (tertiary/aromatic N) is 4.